The molecule has 1 N–H and O–H groups in total. The second-order valence-corrected chi connectivity index (χ2v) is 5.95. The number of nitrogens with one attached hydrogen (secondary N) is 1. The standard InChI is InChI=1S/C21H18FN3O3/c1-28-21(27)19-5-3-2-4-16(19)13-25-14-18(12-23-25)24-20(26)11-8-15-6-9-17(22)10-7-15/h2-12,14H,13H2,1H3,(H,24,26)/b11-8+. The van der Waals surface area contributed by atoms with Crippen molar-refractivity contribution in [2.75, 3.05) is 12.4 Å². The van der Waals surface area contributed by atoms with Gasteiger partial charge in [0, 0.05) is 12.3 Å². The van der Waals surface area contributed by atoms with E-state index in [-0.39, 0.29) is 11.7 Å². The van der Waals surface area contributed by atoms with E-state index in [1.807, 2.05) is 12.1 Å². The molecule has 0 atom stereocenters. The summed E-state index contributed by atoms with van der Waals surface area (Å²) in [6.45, 7) is 0.354. The number of amides is 1. The van der Waals surface area contributed by atoms with Gasteiger partial charge in [-0.05, 0) is 35.4 Å². The number of hydrogen-bond acceptors (Lipinski definition) is 4. The maximum Gasteiger partial charge on any atom is 0.338 e. The van der Waals surface area contributed by atoms with Crippen LogP contribution in [0.4, 0.5) is 10.1 Å². The van der Waals surface area contributed by atoms with Crippen molar-refractivity contribution in [2.24, 2.45) is 0 Å². The van der Waals surface area contributed by atoms with Crippen molar-refractivity contribution >= 4 is 23.6 Å². The van der Waals surface area contributed by atoms with E-state index in [0.29, 0.717) is 23.4 Å². The number of methoxy groups -OCH3 is 1. The molecule has 28 heavy (non-hydrogen) atoms. The van der Waals surface area contributed by atoms with Crippen molar-refractivity contribution in [3.05, 3.63) is 89.5 Å². The first-order valence-corrected chi connectivity index (χ1v) is 8.48. The number of carbonyl (C=O) groups excluding carboxylic acids is 2. The second kappa shape index (κ2) is 8.77. The van der Waals surface area contributed by atoms with Gasteiger partial charge in [-0.1, -0.05) is 30.3 Å². The molecule has 142 valence electrons. The smallest absolute Gasteiger partial charge is 0.338 e. The zero-order valence-corrected chi connectivity index (χ0v) is 15.1. The quantitative estimate of drug-likeness (QED) is 0.525. The molecule has 1 heterocycles. The van der Waals surface area contributed by atoms with Crippen molar-refractivity contribution in [3.63, 3.8) is 0 Å². The summed E-state index contributed by atoms with van der Waals surface area (Å²) in [7, 11) is 1.33. The summed E-state index contributed by atoms with van der Waals surface area (Å²) in [4.78, 5) is 23.9. The molecule has 3 aromatic rings. The molecular weight excluding hydrogens is 361 g/mol. The molecule has 7 heteroatoms. The Balaban J connectivity index is 1.64. The average Bonchev–Trinajstić information content (AvgIpc) is 3.14. The fourth-order valence-electron chi connectivity index (χ4n) is 2.59. The van der Waals surface area contributed by atoms with Gasteiger partial charge < -0.3 is 10.1 Å². The summed E-state index contributed by atoms with van der Waals surface area (Å²) in [5.41, 5.74) is 2.45. The van der Waals surface area contributed by atoms with Gasteiger partial charge in [0.2, 0.25) is 5.91 Å². The predicted octanol–water partition coefficient (Wildman–Crippen LogP) is 3.51. The van der Waals surface area contributed by atoms with Crippen LogP contribution in [0.1, 0.15) is 21.5 Å². The van der Waals surface area contributed by atoms with Crippen molar-refractivity contribution in [3.8, 4) is 0 Å². The predicted molar refractivity (Wildman–Crippen MR) is 103 cm³/mol. The fraction of sp³-hybridized carbons (Fsp3) is 0.0952. The molecule has 0 saturated heterocycles. The Morgan fingerprint density at radius 3 is 2.68 bits per heavy atom. The van der Waals surface area contributed by atoms with Gasteiger partial charge in [-0.3, -0.25) is 9.48 Å². The first-order chi connectivity index (χ1) is 13.5. The molecule has 1 amide bonds. The maximum absolute atomic E-state index is 12.9. The average molecular weight is 379 g/mol. The number of hydrogen-bond donors (Lipinski definition) is 1. The number of nitrogens with zero attached hydrogens (tertiary/aromatic N) is 2. The van der Waals surface area contributed by atoms with E-state index in [2.05, 4.69) is 10.4 Å². The number of esters is 1. The minimum atomic E-state index is -0.415. The third-order valence-electron chi connectivity index (χ3n) is 3.95. The molecule has 0 fully saturated rings. The molecule has 3 rings (SSSR count). The van der Waals surface area contributed by atoms with Gasteiger partial charge in [-0.15, -0.1) is 0 Å². The third kappa shape index (κ3) is 4.91. The van der Waals surface area contributed by atoms with Gasteiger partial charge in [0.15, 0.2) is 0 Å². The Hall–Kier alpha value is -3.74. The van der Waals surface area contributed by atoms with Crippen LogP contribution in [-0.4, -0.2) is 28.8 Å². The number of halogens is 1. The first kappa shape index (κ1) is 19.0. The van der Waals surface area contributed by atoms with Gasteiger partial charge in [-0.25, -0.2) is 9.18 Å². The highest BCUT2D eigenvalue weighted by Crippen LogP contribution is 2.14. The number of rotatable bonds is 6. The Bertz CT molecular complexity index is 1010. The minimum absolute atomic E-state index is 0.331. The highest BCUT2D eigenvalue weighted by Gasteiger charge is 2.12. The number of carbonyl (C=O) groups is 2. The summed E-state index contributed by atoms with van der Waals surface area (Å²) < 4.78 is 19.3. The van der Waals surface area contributed by atoms with Crippen molar-refractivity contribution in [2.45, 2.75) is 6.54 Å². The van der Waals surface area contributed by atoms with Gasteiger partial charge in [0.1, 0.15) is 5.82 Å². The first-order valence-electron chi connectivity index (χ1n) is 8.48. The lowest BCUT2D eigenvalue weighted by Crippen LogP contribution is -2.09. The molecule has 0 bridgehead atoms. The summed E-state index contributed by atoms with van der Waals surface area (Å²) in [6.07, 6.45) is 6.13. The topological polar surface area (TPSA) is 73.2 Å². The van der Waals surface area contributed by atoms with E-state index in [4.69, 9.17) is 4.74 Å². The number of aromatic nitrogens is 2. The van der Waals surface area contributed by atoms with Crippen LogP contribution < -0.4 is 5.32 Å². The zero-order chi connectivity index (χ0) is 19.9. The lowest BCUT2D eigenvalue weighted by atomic mass is 10.1. The van der Waals surface area contributed by atoms with Crippen molar-refractivity contribution < 1.29 is 18.7 Å². The molecule has 6 nitrogen and oxygen atoms in total. The van der Waals surface area contributed by atoms with E-state index in [1.165, 1.54) is 31.5 Å². The van der Waals surface area contributed by atoms with E-state index in [9.17, 15) is 14.0 Å². The monoisotopic (exact) mass is 379 g/mol. The minimum Gasteiger partial charge on any atom is -0.465 e. The lowest BCUT2D eigenvalue weighted by Gasteiger charge is -2.07. The Labute approximate surface area is 161 Å². The molecule has 0 spiro atoms. The zero-order valence-electron chi connectivity index (χ0n) is 15.1. The molecule has 2 aromatic carbocycles. The van der Waals surface area contributed by atoms with E-state index >= 15 is 0 Å². The highest BCUT2D eigenvalue weighted by molar-refractivity contribution is 6.01. The molecular formula is C21H18FN3O3. The number of anilines is 1. The van der Waals surface area contributed by atoms with Crippen LogP contribution >= 0.6 is 0 Å². The summed E-state index contributed by atoms with van der Waals surface area (Å²) in [6, 6.07) is 12.9. The SMILES string of the molecule is COC(=O)c1ccccc1Cn1cc(NC(=O)/C=C/c2ccc(F)cc2)cn1. The van der Waals surface area contributed by atoms with Gasteiger partial charge in [0.05, 0.1) is 31.1 Å². The number of benzene rings is 2. The van der Waals surface area contributed by atoms with Crippen molar-refractivity contribution in [1.82, 2.24) is 9.78 Å². The van der Waals surface area contributed by atoms with Crippen LogP contribution in [0, 0.1) is 5.82 Å². The van der Waals surface area contributed by atoms with Gasteiger partial charge >= 0.3 is 5.97 Å². The molecule has 0 saturated carbocycles. The van der Waals surface area contributed by atoms with Crippen LogP contribution in [0.15, 0.2) is 67.0 Å². The van der Waals surface area contributed by atoms with E-state index in [0.717, 1.165) is 5.56 Å². The molecule has 0 unspecified atom stereocenters. The van der Waals surface area contributed by atoms with E-state index < -0.39 is 5.97 Å². The van der Waals surface area contributed by atoms with Gasteiger partial charge in [-0.2, -0.15) is 5.10 Å². The van der Waals surface area contributed by atoms with Gasteiger partial charge in [0.25, 0.3) is 0 Å². The normalized spacial score (nSPS) is 10.8. The fourth-order valence-corrected chi connectivity index (χ4v) is 2.59. The van der Waals surface area contributed by atoms with Crippen molar-refractivity contribution in [1.29, 1.82) is 0 Å². The Morgan fingerprint density at radius 2 is 1.93 bits per heavy atom. The van der Waals surface area contributed by atoms with E-state index in [1.54, 1.807) is 41.2 Å². The second-order valence-electron chi connectivity index (χ2n) is 5.95. The van der Waals surface area contributed by atoms with Crippen LogP contribution in [0.25, 0.3) is 6.08 Å². The van der Waals surface area contributed by atoms with Crippen LogP contribution in [0.3, 0.4) is 0 Å². The lowest BCUT2D eigenvalue weighted by molar-refractivity contribution is -0.111. The maximum atomic E-state index is 12.9. The molecule has 0 aliphatic carbocycles. The summed E-state index contributed by atoms with van der Waals surface area (Å²) >= 11 is 0. The summed E-state index contributed by atoms with van der Waals surface area (Å²) in [5, 5.41) is 6.91. The Morgan fingerprint density at radius 1 is 1.18 bits per heavy atom. The number of ether oxygens (including phenoxy) is 1. The molecule has 1 aromatic heterocycles. The largest absolute Gasteiger partial charge is 0.465 e. The van der Waals surface area contributed by atoms with Crippen LogP contribution in [-0.2, 0) is 16.1 Å². The van der Waals surface area contributed by atoms with Crippen LogP contribution in [0.5, 0.6) is 0 Å². The Kier molecular flexibility index (Phi) is 5.96. The molecule has 0 radical (unpaired) electrons. The van der Waals surface area contributed by atoms with Crippen LogP contribution in [0.2, 0.25) is 0 Å². The molecule has 0 aliphatic heterocycles. The highest BCUT2D eigenvalue weighted by atomic mass is 19.1. The third-order valence-corrected chi connectivity index (χ3v) is 3.95. The summed E-state index contributed by atoms with van der Waals surface area (Å²) in [5.74, 6) is -1.08. The molecule has 0 aliphatic rings.